The van der Waals surface area contributed by atoms with Crippen LogP contribution in [0.5, 0.6) is 0 Å². The van der Waals surface area contributed by atoms with Gasteiger partial charge in [0, 0.05) is 23.6 Å². The standard InChI is InChI=1S/C7H6Cl2N2O/c8-11(9)6-4-2-1-3-5(6)7(10)12/h1-4H,(H2,10,12). The molecule has 0 spiro atoms. The first-order valence-corrected chi connectivity index (χ1v) is 3.81. The molecule has 0 bridgehead atoms. The van der Waals surface area contributed by atoms with Gasteiger partial charge < -0.3 is 5.73 Å². The molecule has 2 N–H and O–H groups in total. The molecule has 0 heterocycles. The van der Waals surface area contributed by atoms with Crippen molar-refractivity contribution in [2.45, 2.75) is 0 Å². The van der Waals surface area contributed by atoms with E-state index >= 15 is 0 Å². The molecule has 0 aromatic heterocycles. The van der Waals surface area contributed by atoms with Crippen LogP contribution in [0, 0.1) is 0 Å². The molecule has 12 heavy (non-hydrogen) atoms. The molecule has 0 aliphatic heterocycles. The average molecular weight is 205 g/mol. The van der Waals surface area contributed by atoms with E-state index in [2.05, 4.69) is 0 Å². The largest absolute Gasteiger partial charge is 0.366 e. The number of nitrogens with zero attached hydrogens (tertiary/aromatic N) is 1. The van der Waals surface area contributed by atoms with Gasteiger partial charge in [0.2, 0.25) is 0 Å². The number of amides is 1. The zero-order chi connectivity index (χ0) is 9.14. The van der Waals surface area contributed by atoms with Crippen LogP contribution in [0.1, 0.15) is 10.4 Å². The molecule has 0 radical (unpaired) electrons. The second kappa shape index (κ2) is 3.65. The SMILES string of the molecule is NC(=O)c1ccccc1N(Cl)Cl. The highest BCUT2D eigenvalue weighted by Crippen LogP contribution is 2.23. The van der Waals surface area contributed by atoms with Gasteiger partial charge >= 0.3 is 0 Å². The van der Waals surface area contributed by atoms with Crippen molar-refractivity contribution in [3.05, 3.63) is 29.8 Å². The van der Waals surface area contributed by atoms with E-state index in [0.29, 0.717) is 11.3 Å². The topological polar surface area (TPSA) is 46.3 Å². The number of anilines is 1. The Balaban J connectivity index is 3.17. The highest BCUT2D eigenvalue weighted by molar-refractivity contribution is 6.49. The Morgan fingerprint density at radius 1 is 1.33 bits per heavy atom. The molecule has 0 unspecified atom stereocenters. The fourth-order valence-corrected chi connectivity index (χ4v) is 1.12. The number of hydrogen-bond acceptors (Lipinski definition) is 2. The molecular formula is C7H6Cl2N2O. The van der Waals surface area contributed by atoms with E-state index in [0.717, 1.165) is 3.94 Å². The van der Waals surface area contributed by atoms with E-state index in [4.69, 9.17) is 29.3 Å². The van der Waals surface area contributed by atoms with Crippen molar-refractivity contribution in [2.75, 3.05) is 3.94 Å². The number of rotatable bonds is 2. The summed E-state index contributed by atoms with van der Waals surface area (Å²) in [7, 11) is 0. The predicted octanol–water partition coefficient (Wildman–Crippen LogP) is 1.90. The summed E-state index contributed by atoms with van der Waals surface area (Å²) < 4.78 is 0.806. The van der Waals surface area contributed by atoms with Crippen LogP contribution in [-0.4, -0.2) is 5.91 Å². The third-order valence-corrected chi connectivity index (χ3v) is 1.72. The minimum Gasteiger partial charge on any atom is -0.366 e. The van der Waals surface area contributed by atoms with Crippen LogP contribution >= 0.6 is 23.6 Å². The molecule has 1 amide bonds. The Bertz CT molecular complexity index is 301. The lowest BCUT2D eigenvalue weighted by Crippen LogP contribution is -2.13. The molecule has 0 aliphatic carbocycles. The highest BCUT2D eigenvalue weighted by Gasteiger charge is 2.10. The van der Waals surface area contributed by atoms with Crippen molar-refractivity contribution in [1.29, 1.82) is 0 Å². The Kier molecular flexibility index (Phi) is 2.78. The summed E-state index contributed by atoms with van der Waals surface area (Å²) in [4.78, 5) is 10.8. The zero-order valence-corrected chi connectivity index (χ0v) is 7.51. The summed E-state index contributed by atoms with van der Waals surface area (Å²) in [5.74, 6) is -0.558. The molecule has 0 aliphatic rings. The Morgan fingerprint density at radius 2 is 1.92 bits per heavy atom. The Hall–Kier alpha value is -0.930. The average Bonchev–Trinajstić information content (AvgIpc) is 2.04. The maximum absolute atomic E-state index is 10.8. The van der Waals surface area contributed by atoms with Gasteiger partial charge in [0.1, 0.15) is 0 Å². The van der Waals surface area contributed by atoms with E-state index in [1.807, 2.05) is 0 Å². The van der Waals surface area contributed by atoms with Crippen molar-refractivity contribution >= 4 is 35.1 Å². The molecular weight excluding hydrogens is 199 g/mol. The molecule has 0 atom stereocenters. The number of hydrogen-bond donors (Lipinski definition) is 1. The van der Waals surface area contributed by atoms with Gasteiger partial charge in [0.15, 0.2) is 0 Å². The van der Waals surface area contributed by atoms with Gasteiger partial charge in [-0.15, -0.1) is 0 Å². The van der Waals surface area contributed by atoms with Crippen LogP contribution in [0.25, 0.3) is 0 Å². The number of carbonyl (C=O) groups excluding carboxylic acids is 1. The zero-order valence-electron chi connectivity index (χ0n) is 6.00. The van der Waals surface area contributed by atoms with Crippen LogP contribution in [-0.2, 0) is 0 Å². The number of nitrogens with two attached hydrogens (primary N) is 1. The summed E-state index contributed by atoms with van der Waals surface area (Å²) in [5, 5.41) is 0. The molecule has 1 aromatic carbocycles. The van der Waals surface area contributed by atoms with E-state index in [1.54, 1.807) is 24.3 Å². The van der Waals surface area contributed by atoms with Crippen molar-refractivity contribution in [1.82, 2.24) is 0 Å². The van der Waals surface area contributed by atoms with Crippen LogP contribution in [0.3, 0.4) is 0 Å². The van der Waals surface area contributed by atoms with E-state index in [-0.39, 0.29) is 0 Å². The predicted molar refractivity (Wildman–Crippen MR) is 49.1 cm³/mol. The van der Waals surface area contributed by atoms with Gasteiger partial charge in [-0.25, -0.2) is 0 Å². The molecule has 0 fully saturated rings. The fourth-order valence-electron chi connectivity index (χ4n) is 0.829. The first kappa shape index (κ1) is 9.16. The summed E-state index contributed by atoms with van der Waals surface area (Å²) in [6, 6.07) is 6.54. The van der Waals surface area contributed by atoms with Gasteiger partial charge in [-0.1, -0.05) is 12.1 Å². The number of benzene rings is 1. The van der Waals surface area contributed by atoms with Gasteiger partial charge in [0.05, 0.1) is 11.3 Å². The van der Waals surface area contributed by atoms with Crippen molar-refractivity contribution in [3.8, 4) is 0 Å². The normalized spacial score (nSPS) is 9.50. The summed E-state index contributed by atoms with van der Waals surface area (Å²) >= 11 is 10.9. The van der Waals surface area contributed by atoms with E-state index < -0.39 is 5.91 Å². The molecule has 0 saturated heterocycles. The first-order chi connectivity index (χ1) is 5.63. The van der Waals surface area contributed by atoms with Crippen LogP contribution < -0.4 is 9.67 Å². The smallest absolute Gasteiger partial charge is 0.250 e. The summed E-state index contributed by atoms with van der Waals surface area (Å²) in [5.41, 5.74) is 5.75. The maximum Gasteiger partial charge on any atom is 0.250 e. The van der Waals surface area contributed by atoms with Crippen LogP contribution in [0.2, 0.25) is 0 Å². The maximum atomic E-state index is 10.8. The lowest BCUT2D eigenvalue weighted by Gasteiger charge is -2.08. The van der Waals surface area contributed by atoms with Gasteiger partial charge in [-0.3, -0.25) is 4.79 Å². The lowest BCUT2D eigenvalue weighted by atomic mass is 10.2. The number of carbonyl (C=O) groups is 1. The fraction of sp³-hybridized carbons (Fsp3) is 0. The summed E-state index contributed by atoms with van der Waals surface area (Å²) in [6.45, 7) is 0. The molecule has 0 saturated carbocycles. The van der Waals surface area contributed by atoms with Crippen molar-refractivity contribution in [2.24, 2.45) is 5.73 Å². The molecule has 64 valence electrons. The third kappa shape index (κ3) is 1.81. The summed E-state index contributed by atoms with van der Waals surface area (Å²) in [6.07, 6.45) is 0. The molecule has 1 rings (SSSR count). The van der Waals surface area contributed by atoms with Gasteiger partial charge in [-0.05, 0) is 12.1 Å². The second-order valence-electron chi connectivity index (χ2n) is 2.11. The van der Waals surface area contributed by atoms with Crippen LogP contribution in [0.15, 0.2) is 24.3 Å². The van der Waals surface area contributed by atoms with E-state index in [1.165, 1.54) is 0 Å². The Morgan fingerprint density at radius 3 is 2.33 bits per heavy atom. The highest BCUT2D eigenvalue weighted by atomic mass is 35.5. The monoisotopic (exact) mass is 204 g/mol. The van der Waals surface area contributed by atoms with Gasteiger partial charge in [0.25, 0.3) is 5.91 Å². The van der Waals surface area contributed by atoms with Crippen molar-refractivity contribution in [3.63, 3.8) is 0 Å². The minimum atomic E-state index is -0.558. The van der Waals surface area contributed by atoms with Gasteiger partial charge in [-0.2, -0.15) is 3.94 Å². The minimum absolute atomic E-state index is 0.294. The lowest BCUT2D eigenvalue weighted by molar-refractivity contribution is 0.100. The quantitative estimate of drug-likeness (QED) is 0.749. The first-order valence-electron chi connectivity index (χ1n) is 3.13. The second-order valence-corrected chi connectivity index (χ2v) is 2.96. The number of primary amides is 1. The van der Waals surface area contributed by atoms with Crippen LogP contribution in [0.4, 0.5) is 5.69 Å². The molecule has 5 heteroatoms. The molecule has 1 aromatic rings. The number of para-hydroxylation sites is 1. The molecule has 3 nitrogen and oxygen atoms in total. The van der Waals surface area contributed by atoms with Crippen molar-refractivity contribution < 1.29 is 4.79 Å². The number of halogens is 2. The third-order valence-electron chi connectivity index (χ3n) is 1.35. The Labute approximate surface area is 79.9 Å². The van der Waals surface area contributed by atoms with E-state index in [9.17, 15) is 4.79 Å².